The predicted octanol–water partition coefficient (Wildman–Crippen LogP) is 2.56. The second-order valence-electron chi connectivity index (χ2n) is 2.38. The van der Waals surface area contributed by atoms with Crippen LogP contribution in [-0.4, -0.2) is 6.54 Å². The molecule has 0 aliphatic heterocycles. The van der Waals surface area contributed by atoms with Gasteiger partial charge in [0.2, 0.25) is 0 Å². The average molecular weight is 236 g/mol. The quantitative estimate of drug-likeness (QED) is 0.838. The van der Waals surface area contributed by atoms with Gasteiger partial charge in [0.05, 0.1) is 4.47 Å². The molecular formula is C8H8BrF2N. The van der Waals surface area contributed by atoms with Crippen LogP contribution < -0.4 is 5.73 Å². The molecule has 0 fully saturated rings. The smallest absolute Gasteiger partial charge is 0.137 e. The van der Waals surface area contributed by atoms with Gasteiger partial charge in [-0.15, -0.1) is 0 Å². The minimum Gasteiger partial charge on any atom is -0.327 e. The number of rotatable bonds is 2. The SMILES string of the molecule is NCC(F)c1ccc(F)c(Br)c1. The van der Waals surface area contributed by atoms with Crippen molar-refractivity contribution in [1.82, 2.24) is 0 Å². The molecule has 0 heterocycles. The average Bonchev–Trinajstić information content (AvgIpc) is 2.08. The Hall–Kier alpha value is -0.480. The van der Waals surface area contributed by atoms with Crippen molar-refractivity contribution in [2.24, 2.45) is 5.73 Å². The summed E-state index contributed by atoms with van der Waals surface area (Å²) in [7, 11) is 0. The van der Waals surface area contributed by atoms with E-state index in [1.165, 1.54) is 18.2 Å². The third-order valence-electron chi connectivity index (χ3n) is 1.51. The van der Waals surface area contributed by atoms with E-state index < -0.39 is 12.0 Å². The molecule has 0 spiro atoms. The summed E-state index contributed by atoms with van der Waals surface area (Å²) in [6, 6.07) is 3.99. The Kier molecular flexibility index (Phi) is 3.17. The van der Waals surface area contributed by atoms with Gasteiger partial charge < -0.3 is 5.73 Å². The summed E-state index contributed by atoms with van der Waals surface area (Å²) in [6.45, 7) is -0.0852. The number of benzene rings is 1. The van der Waals surface area contributed by atoms with Crippen LogP contribution in [0.3, 0.4) is 0 Å². The second-order valence-corrected chi connectivity index (χ2v) is 3.23. The van der Waals surface area contributed by atoms with E-state index >= 15 is 0 Å². The fourth-order valence-electron chi connectivity index (χ4n) is 0.843. The maximum Gasteiger partial charge on any atom is 0.137 e. The lowest BCUT2D eigenvalue weighted by atomic mass is 10.1. The highest BCUT2D eigenvalue weighted by Gasteiger charge is 2.08. The van der Waals surface area contributed by atoms with Gasteiger partial charge >= 0.3 is 0 Å². The van der Waals surface area contributed by atoms with E-state index in [1.807, 2.05) is 0 Å². The molecule has 0 bridgehead atoms. The maximum atomic E-state index is 12.9. The van der Waals surface area contributed by atoms with Crippen molar-refractivity contribution in [2.45, 2.75) is 6.17 Å². The first-order valence-electron chi connectivity index (χ1n) is 3.44. The summed E-state index contributed by atoms with van der Waals surface area (Å²) in [5.74, 6) is -0.400. The normalized spacial score (nSPS) is 13.0. The molecule has 4 heteroatoms. The molecule has 1 aromatic carbocycles. The Morgan fingerprint density at radius 3 is 2.67 bits per heavy atom. The predicted molar refractivity (Wildman–Crippen MR) is 47.0 cm³/mol. The first-order valence-corrected chi connectivity index (χ1v) is 4.23. The molecule has 1 atom stereocenters. The lowest BCUT2D eigenvalue weighted by Gasteiger charge is -2.05. The van der Waals surface area contributed by atoms with Crippen LogP contribution in [0.2, 0.25) is 0 Å². The van der Waals surface area contributed by atoms with Gasteiger partial charge in [-0.05, 0) is 33.6 Å². The third kappa shape index (κ3) is 2.01. The van der Waals surface area contributed by atoms with Gasteiger partial charge in [0.15, 0.2) is 0 Å². The van der Waals surface area contributed by atoms with Crippen LogP contribution in [0.5, 0.6) is 0 Å². The lowest BCUT2D eigenvalue weighted by Crippen LogP contribution is -2.07. The van der Waals surface area contributed by atoms with E-state index in [-0.39, 0.29) is 11.0 Å². The minimum absolute atomic E-state index is 0.0852. The molecule has 12 heavy (non-hydrogen) atoms. The molecule has 1 rings (SSSR count). The highest BCUT2D eigenvalue weighted by Crippen LogP contribution is 2.22. The fraction of sp³-hybridized carbons (Fsp3) is 0.250. The Morgan fingerprint density at radius 2 is 2.17 bits per heavy atom. The summed E-state index contributed by atoms with van der Waals surface area (Å²) < 4.78 is 25.8. The summed E-state index contributed by atoms with van der Waals surface area (Å²) in [6.07, 6.45) is -1.22. The lowest BCUT2D eigenvalue weighted by molar-refractivity contribution is 0.352. The zero-order valence-corrected chi connectivity index (χ0v) is 7.81. The van der Waals surface area contributed by atoms with Gasteiger partial charge in [-0.1, -0.05) is 6.07 Å². The van der Waals surface area contributed by atoms with Crippen LogP contribution >= 0.6 is 15.9 Å². The van der Waals surface area contributed by atoms with E-state index in [0.717, 1.165) is 0 Å². The van der Waals surface area contributed by atoms with Crippen LogP contribution in [0, 0.1) is 5.82 Å². The van der Waals surface area contributed by atoms with Crippen LogP contribution in [0.15, 0.2) is 22.7 Å². The molecule has 1 nitrogen and oxygen atoms in total. The van der Waals surface area contributed by atoms with Crippen molar-refractivity contribution in [2.75, 3.05) is 6.54 Å². The van der Waals surface area contributed by atoms with E-state index in [0.29, 0.717) is 5.56 Å². The third-order valence-corrected chi connectivity index (χ3v) is 2.12. The molecule has 0 saturated heterocycles. The van der Waals surface area contributed by atoms with Gasteiger partial charge in [-0.3, -0.25) is 0 Å². The van der Waals surface area contributed by atoms with Crippen LogP contribution in [0.25, 0.3) is 0 Å². The van der Waals surface area contributed by atoms with Crippen molar-refractivity contribution in [3.05, 3.63) is 34.1 Å². The maximum absolute atomic E-state index is 12.9. The van der Waals surface area contributed by atoms with Gasteiger partial charge in [-0.25, -0.2) is 8.78 Å². The summed E-state index contributed by atoms with van der Waals surface area (Å²) in [4.78, 5) is 0. The number of halogens is 3. The van der Waals surface area contributed by atoms with Crippen molar-refractivity contribution < 1.29 is 8.78 Å². The van der Waals surface area contributed by atoms with Crippen molar-refractivity contribution >= 4 is 15.9 Å². The first kappa shape index (κ1) is 9.61. The van der Waals surface area contributed by atoms with E-state index in [4.69, 9.17) is 5.73 Å². The minimum atomic E-state index is -1.22. The molecule has 66 valence electrons. The molecule has 2 N–H and O–H groups in total. The Labute approximate surface area is 77.7 Å². The Bertz CT molecular complexity index is 278. The van der Waals surface area contributed by atoms with E-state index in [1.54, 1.807) is 0 Å². The standard InChI is InChI=1S/C8H8BrF2N/c9-6-3-5(8(11)4-12)1-2-7(6)10/h1-3,8H,4,12H2. The molecular weight excluding hydrogens is 228 g/mol. The van der Waals surface area contributed by atoms with Crippen molar-refractivity contribution in [3.63, 3.8) is 0 Å². The molecule has 0 aliphatic carbocycles. The highest BCUT2D eigenvalue weighted by atomic mass is 79.9. The van der Waals surface area contributed by atoms with Crippen LogP contribution in [0.4, 0.5) is 8.78 Å². The topological polar surface area (TPSA) is 26.0 Å². The molecule has 0 saturated carbocycles. The number of hydrogen-bond donors (Lipinski definition) is 1. The van der Waals surface area contributed by atoms with E-state index in [9.17, 15) is 8.78 Å². The highest BCUT2D eigenvalue weighted by molar-refractivity contribution is 9.10. The molecule has 0 radical (unpaired) electrons. The fourth-order valence-corrected chi connectivity index (χ4v) is 1.24. The monoisotopic (exact) mass is 235 g/mol. The van der Waals surface area contributed by atoms with Gasteiger partial charge in [0.1, 0.15) is 12.0 Å². The molecule has 0 aliphatic rings. The summed E-state index contributed by atoms with van der Waals surface area (Å²) >= 11 is 2.96. The van der Waals surface area contributed by atoms with Gasteiger partial charge in [0.25, 0.3) is 0 Å². The van der Waals surface area contributed by atoms with Crippen LogP contribution in [0.1, 0.15) is 11.7 Å². The van der Waals surface area contributed by atoms with Crippen LogP contribution in [-0.2, 0) is 0 Å². The zero-order valence-electron chi connectivity index (χ0n) is 6.23. The first-order chi connectivity index (χ1) is 5.65. The molecule has 0 amide bonds. The number of nitrogens with two attached hydrogens (primary N) is 1. The molecule has 1 aromatic rings. The van der Waals surface area contributed by atoms with Crippen molar-refractivity contribution in [3.8, 4) is 0 Å². The second kappa shape index (κ2) is 3.96. The number of hydrogen-bond acceptors (Lipinski definition) is 1. The molecule has 0 aromatic heterocycles. The Morgan fingerprint density at radius 1 is 1.50 bits per heavy atom. The zero-order chi connectivity index (χ0) is 9.14. The summed E-state index contributed by atoms with van der Waals surface area (Å²) in [5.41, 5.74) is 5.50. The largest absolute Gasteiger partial charge is 0.327 e. The number of alkyl halides is 1. The molecule has 1 unspecified atom stereocenters. The van der Waals surface area contributed by atoms with Gasteiger partial charge in [-0.2, -0.15) is 0 Å². The van der Waals surface area contributed by atoms with Gasteiger partial charge in [0, 0.05) is 6.54 Å². The van der Waals surface area contributed by atoms with E-state index in [2.05, 4.69) is 15.9 Å². The van der Waals surface area contributed by atoms with Crippen molar-refractivity contribution in [1.29, 1.82) is 0 Å². The Balaban J connectivity index is 2.96. The summed E-state index contributed by atoms with van der Waals surface area (Å²) in [5, 5.41) is 0.